The van der Waals surface area contributed by atoms with E-state index in [4.69, 9.17) is 5.11 Å². The van der Waals surface area contributed by atoms with E-state index in [0.29, 0.717) is 11.1 Å². The predicted molar refractivity (Wildman–Crippen MR) is 76.0 cm³/mol. The van der Waals surface area contributed by atoms with E-state index in [0.717, 1.165) is 10.5 Å². The maximum atomic E-state index is 11.1. The first kappa shape index (κ1) is 12.5. The Morgan fingerprint density at radius 1 is 0.944 bits per heavy atom. The monoisotopic (exact) mass is 256 g/mol. The van der Waals surface area contributed by atoms with Gasteiger partial charge in [0, 0.05) is 4.90 Å². The summed E-state index contributed by atoms with van der Waals surface area (Å²) in [6.45, 7) is 0. The number of carboxylic acid groups (broad SMARTS) is 1. The second-order valence-electron chi connectivity index (χ2n) is 3.78. The summed E-state index contributed by atoms with van der Waals surface area (Å²) in [5.74, 6) is -0.922. The molecular weight excluding hydrogens is 244 g/mol. The third-order valence-corrected chi connectivity index (χ3v) is 2.98. The molecule has 0 bridgehead atoms. The van der Waals surface area contributed by atoms with Crippen LogP contribution in [0.3, 0.4) is 0 Å². The average Bonchev–Trinajstić information content (AvgIpc) is 2.38. The van der Waals surface area contributed by atoms with Gasteiger partial charge in [-0.25, -0.2) is 4.79 Å². The Bertz CT molecular complexity index is 603. The van der Waals surface area contributed by atoms with E-state index in [2.05, 4.69) is 12.6 Å². The van der Waals surface area contributed by atoms with Gasteiger partial charge in [0.25, 0.3) is 0 Å². The number of aromatic carboxylic acids is 1. The van der Waals surface area contributed by atoms with Crippen molar-refractivity contribution in [1.29, 1.82) is 0 Å². The van der Waals surface area contributed by atoms with Crippen molar-refractivity contribution in [2.45, 2.75) is 4.90 Å². The maximum absolute atomic E-state index is 11.1. The lowest BCUT2D eigenvalue weighted by atomic mass is 10.1. The molecule has 90 valence electrons. The van der Waals surface area contributed by atoms with Crippen LogP contribution in [0.15, 0.2) is 53.4 Å². The van der Waals surface area contributed by atoms with Gasteiger partial charge in [-0.15, -0.1) is 12.6 Å². The van der Waals surface area contributed by atoms with Crippen molar-refractivity contribution in [2.24, 2.45) is 0 Å². The lowest BCUT2D eigenvalue weighted by molar-refractivity contribution is 0.0696. The predicted octanol–water partition coefficient (Wildman–Crippen LogP) is 3.84. The zero-order valence-electron chi connectivity index (χ0n) is 9.58. The van der Waals surface area contributed by atoms with Crippen LogP contribution in [-0.4, -0.2) is 11.1 Å². The Balaban J connectivity index is 2.35. The van der Waals surface area contributed by atoms with Crippen molar-refractivity contribution in [3.63, 3.8) is 0 Å². The Labute approximate surface area is 111 Å². The third kappa shape index (κ3) is 2.81. The molecule has 0 saturated carbocycles. The first-order valence-corrected chi connectivity index (χ1v) is 5.91. The molecule has 0 aliphatic carbocycles. The highest BCUT2D eigenvalue weighted by Gasteiger charge is 2.05. The number of carboxylic acids is 1. The molecule has 2 aromatic carbocycles. The van der Waals surface area contributed by atoms with Gasteiger partial charge in [0.1, 0.15) is 0 Å². The fourth-order valence-electron chi connectivity index (χ4n) is 1.65. The number of thiol groups is 1. The molecule has 0 atom stereocenters. The lowest BCUT2D eigenvalue weighted by Crippen LogP contribution is -1.98. The average molecular weight is 256 g/mol. The minimum Gasteiger partial charge on any atom is -0.478 e. The topological polar surface area (TPSA) is 37.3 Å². The second kappa shape index (κ2) is 5.56. The smallest absolute Gasteiger partial charge is 0.336 e. The first-order chi connectivity index (χ1) is 8.68. The molecule has 2 nitrogen and oxygen atoms in total. The fraction of sp³-hybridized carbons (Fsp3) is 0. The highest BCUT2D eigenvalue weighted by Crippen LogP contribution is 2.18. The normalized spacial score (nSPS) is 10.7. The number of hydrogen-bond donors (Lipinski definition) is 2. The molecule has 0 heterocycles. The van der Waals surface area contributed by atoms with Crippen LogP contribution < -0.4 is 0 Å². The fourth-order valence-corrected chi connectivity index (χ4v) is 1.88. The lowest BCUT2D eigenvalue weighted by Gasteiger charge is -2.01. The molecule has 0 aliphatic heterocycles. The quantitative estimate of drug-likeness (QED) is 0.646. The van der Waals surface area contributed by atoms with Crippen LogP contribution in [0.4, 0.5) is 0 Å². The van der Waals surface area contributed by atoms with Crippen molar-refractivity contribution in [3.8, 4) is 0 Å². The van der Waals surface area contributed by atoms with Gasteiger partial charge in [-0.3, -0.25) is 0 Å². The summed E-state index contributed by atoms with van der Waals surface area (Å²) in [5, 5.41) is 9.07. The highest BCUT2D eigenvalue weighted by atomic mass is 32.1. The molecule has 0 amide bonds. The van der Waals surface area contributed by atoms with Crippen molar-refractivity contribution >= 4 is 30.8 Å². The van der Waals surface area contributed by atoms with Gasteiger partial charge in [0.15, 0.2) is 0 Å². The van der Waals surface area contributed by atoms with E-state index in [1.54, 1.807) is 24.3 Å². The summed E-state index contributed by atoms with van der Waals surface area (Å²) < 4.78 is 0. The standard InChI is InChI=1S/C15H12O2S/c16-15(17)13-7-3-1-5-11(13)9-10-12-6-2-4-8-14(12)18/h1-10,18H,(H,16,17). The van der Waals surface area contributed by atoms with E-state index in [-0.39, 0.29) is 0 Å². The Morgan fingerprint density at radius 2 is 1.50 bits per heavy atom. The number of hydrogen-bond acceptors (Lipinski definition) is 2. The highest BCUT2D eigenvalue weighted by molar-refractivity contribution is 7.80. The SMILES string of the molecule is O=C(O)c1ccccc1C=Cc1ccccc1S. The van der Waals surface area contributed by atoms with Crippen LogP contribution in [0.5, 0.6) is 0 Å². The molecule has 3 heteroatoms. The van der Waals surface area contributed by atoms with E-state index >= 15 is 0 Å². The van der Waals surface area contributed by atoms with Crippen LogP contribution >= 0.6 is 12.6 Å². The van der Waals surface area contributed by atoms with Gasteiger partial charge in [-0.2, -0.15) is 0 Å². The minimum absolute atomic E-state index is 0.297. The van der Waals surface area contributed by atoms with Crippen molar-refractivity contribution in [1.82, 2.24) is 0 Å². The molecule has 1 N–H and O–H groups in total. The summed E-state index contributed by atoms with van der Waals surface area (Å²) in [5.41, 5.74) is 1.94. The molecule has 0 unspecified atom stereocenters. The van der Waals surface area contributed by atoms with E-state index in [1.807, 2.05) is 36.4 Å². The molecule has 0 radical (unpaired) electrons. The van der Waals surface area contributed by atoms with Gasteiger partial charge in [0.2, 0.25) is 0 Å². The Morgan fingerprint density at radius 3 is 2.17 bits per heavy atom. The molecule has 0 fully saturated rings. The molecule has 18 heavy (non-hydrogen) atoms. The van der Waals surface area contributed by atoms with Gasteiger partial charge < -0.3 is 5.11 Å². The number of benzene rings is 2. The third-order valence-electron chi connectivity index (χ3n) is 2.57. The molecular formula is C15H12O2S. The van der Waals surface area contributed by atoms with Gasteiger partial charge >= 0.3 is 5.97 Å². The van der Waals surface area contributed by atoms with Crippen LogP contribution in [0.1, 0.15) is 21.5 Å². The Kier molecular flexibility index (Phi) is 3.85. The zero-order chi connectivity index (χ0) is 13.0. The van der Waals surface area contributed by atoms with E-state index in [9.17, 15) is 4.79 Å². The summed E-state index contributed by atoms with van der Waals surface area (Å²) in [6, 6.07) is 14.6. The van der Waals surface area contributed by atoms with E-state index < -0.39 is 5.97 Å². The number of carbonyl (C=O) groups is 1. The Hall–Kier alpha value is -2.00. The molecule has 0 aromatic heterocycles. The van der Waals surface area contributed by atoms with Gasteiger partial charge in [0.05, 0.1) is 5.56 Å². The zero-order valence-corrected chi connectivity index (χ0v) is 10.5. The van der Waals surface area contributed by atoms with Crippen molar-refractivity contribution in [3.05, 3.63) is 65.2 Å². The van der Waals surface area contributed by atoms with E-state index in [1.165, 1.54) is 0 Å². The van der Waals surface area contributed by atoms with Gasteiger partial charge in [-0.05, 0) is 23.3 Å². The first-order valence-electron chi connectivity index (χ1n) is 5.47. The van der Waals surface area contributed by atoms with Crippen LogP contribution in [0.2, 0.25) is 0 Å². The molecule has 0 saturated heterocycles. The van der Waals surface area contributed by atoms with Crippen molar-refractivity contribution in [2.75, 3.05) is 0 Å². The molecule has 2 aromatic rings. The molecule has 0 spiro atoms. The summed E-state index contributed by atoms with van der Waals surface area (Å²) in [4.78, 5) is 11.9. The molecule has 0 aliphatic rings. The molecule has 2 rings (SSSR count). The summed E-state index contributed by atoms with van der Waals surface area (Å²) >= 11 is 4.34. The number of rotatable bonds is 3. The van der Waals surface area contributed by atoms with Crippen LogP contribution in [-0.2, 0) is 0 Å². The van der Waals surface area contributed by atoms with Crippen LogP contribution in [0, 0.1) is 0 Å². The largest absolute Gasteiger partial charge is 0.478 e. The maximum Gasteiger partial charge on any atom is 0.336 e. The summed E-state index contributed by atoms with van der Waals surface area (Å²) in [6.07, 6.45) is 3.66. The summed E-state index contributed by atoms with van der Waals surface area (Å²) in [7, 11) is 0. The van der Waals surface area contributed by atoms with Crippen molar-refractivity contribution < 1.29 is 9.90 Å². The van der Waals surface area contributed by atoms with Gasteiger partial charge in [-0.1, -0.05) is 48.6 Å². The minimum atomic E-state index is -0.922. The second-order valence-corrected chi connectivity index (χ2v) is 4.27. The van der Waals surface area contributed by atoms with Crippen LogP contribution in [0.25, 0.3) is 12.2 Å².